The molecular weight excluding hydrogens is 397 g/mol. The summed E-state index contributed by atoms with van der Waals surface area (Å²) in [6.45, 7) is 5.93. The first kappa shape index (κ1) is 21.0. The maximum absolute atomic E-state index is 14.0. The number of hydrogen-bond donors (Lipinski definition) is 2. The van der Waals surface area contributed by atoms with Gasteiger partial charge in [-0.15, -0.1) is 0 Å². The van der Waals surface area contributed by atoms with Gasteiger partial charge in [-0.2, -0.15) is 5.26 Å². The third-order valence-electron chi connectivity index (χ3n) is 6.03. The van der Waals surface area contributed by atoms with Crippen LogP contribution >= 0.6 is 0 Å². The average Bonchev–Trinajstić information content (AvgIpc) is 2.68. The fraction of sp³-hybridized carbons (Fsp3) is 0.500. The maximum Gasteiger partial charge on any atom is 0.247 e. The second-order valence-corrected chi connectivity index (χ2v) is 8.76. The number of carbonyl (C=O) groups excluding carboxylic acids is 1. The number of fused-ring (bicyclic) bond motifs is 1. The van der Waals surface area contributed by atoms with E-state index in [1.807, 2.05) is 38.8 Å². The molecule has 2 N–H and O–H groups in total. The highest BCUT2D eigenvalue weighted by Crippen LogP contribution is 2.36. The van der Waals surface area contributed by atoms with Gasteiger partial charge in [-0.25, -0.2) is 19.3 Å². The normalized spacial score (nSPS) is 22.4. The number of nitrogens with one attached hydrogen (secondary N) is 2. The zero-order valence-electron chi connectivity index (χ0n) is 18.1. The van der Waals surface area contributed by atoms with Gasteiger partial charge in [0, 0.05) is 25.7 Å². The zero-order chi connectivity index (χ0) is 22.3. The number of amides is 1. The molecule has 1 aliphatic carbocycles. The van der Waals surface area contributed by atoms with E-state index >= 15 is 0 Å². The fourth-order valence-electron chi connectivity index (χ4n) is 4.44. The molecule has 2 aromatic heterocycles. The van der Waals surface area contributed by atoms with Crippen LogP contribution in [-0.4, -0.2) is 40.0 Å². The number of likely N-dealkylation sites (N-methyl/N-ethyl adjacent to an activating group) is 1. The van der Waals surface area contributed by atoms with Crippen LogP contribution < -0.4 is 15.5 Å². The lowest BCUT2D eigenvalue weighted by atomic mass is 9.78. The first-order valence-electron chi connectivity index (χ1n) is 10.5. The molecule has 1 saturated carbocycles. The van der Waals surface area contributed by atoms with Gasteiger partial charge in [0.2, 0.25) is 5.91 Å². The summed E-state index contributed by atoms with van der Waals surface area (Å²) in [6, 6.07) is 2.94. The number of anilines is 3. The summed E-state index contributed by atoms with van der Waals surface area (Å²) in [4.78, 5) is 27.8. The number of nitriles is 1. The summed E-state index contributed by atoms with van der Waals surface area (Å²) in [6.07, 6.45) is 3.82. The number of aryl methyl sites for hydroxylation is 1. The fourth-order valence-corrected chi connectivity index (χ4v) is 4.44. The molecule has 2 aromatic rings. The third-order valence-corrected chi connectivity index (χ3v) is 6.03. The van der Waals surface area contributed by atoms with Crippen molar-refractivity contribution in [3.63, 3.8) is 0 Å². The van der Waals surface area contributed by atoms with Crippen molar-refractivity contribution in [3.8, 4) is 6.07 Å². The van der Waals surface area contributed by atoms with Crippen LogP contribution in [0.1, 0.15) is 43.8 Å². The molecule has 1 aliphatic heterocycles. The van der Waals surface area contributed by atoms with Gasteiger partial charge in [0.05, 0.1) is 11.3 Å². The number of aromatic nitrogens is 3. The number of halogens is 1. The van der Waals surface area contributed by atoms with E-state index in [4.69, 9.17) is 10.2 Å². The highest BCUT2D eigenvalue weighted by atomic mass is 19.1. The van der Waals surface area contributed by atoms with Crippen molar-refractivity contribution in [3.05, 3.63) is 35.2 Å². The Labute approximate surface area is 180 Å². The topological polar surface area (TPSA) is 107 Å². The lowest BCUT2D eigenvalue weighted by Gasteiger charge is -2.38. The molecular formula is C22H26FN7O. The van der Waals surface area contributed by atoms with Crippen LogP contribution in [0.5, 0.6) is 0 Å². The largest absolute Gasteiger partial charge is 0.365 e. The van der Waals surface area contributed by atoms with E-state index in [0.717, 1.165) is 36.6 Å². The number of hydrogen-bond acceptors (Lipinski definition) is 7. The lowest BCUT2D eigenvalue weighted by Crippen LogP contribution is -2.50. The smallest absolute Gasteiger partial charge is 0.247 e. The minimum absolute atomic E-state index is 0.0268. The Bertz CT molecular complexity index is 1060. The predicted molar refractivity (Wildman–Crippen MR) is 115 cm³/mol. The lowest BCUT2D eigenvalue weighted by molar-refractivity contribution is -0.118. The molecule has 2 aliphatic rings. The molecule has 9 heteroatoms. The molecule has 31 heavy (non-hydrogen) atoms. The minimum atomic E-state index is -0.513. The quantitative estimate of drug-likeness (QED) is 0.761. The summed E-state index contributed by atoms with van der Waals surface area (Å²) >= 11 is 0. The molecule has 0 spiro atoms. The van der Waals surface area contributed by atoms with Crippen LogP contribution in [0.25, 0.3) is 0 Å². The Morgan fingerprint density at radius 3 is 2.77 bits per heavy atom. The van der Waals surface area contributed by atoms with Crippen molar-refractivity contribution < 1.29 is 9.18 Å². The van der Waals surface area contributed by atoms with Gasteiger partial charge in [0.1, 0.15) is 23.6 Å². The van der Waals surface area contributed by atoms with Crippen LogP contribution in [0.3, 0.4) is 0 Å². The first-order valence-corrected chi connectivity index (χ1v) is 10.5. The molecule has 0 aromatic carbocycles. The van der Waals surface area contributed by atoms with Gasteiger partial charge in [-0.05, 0) is 37.7 Å². The summed E-state index contributed by atoms with van der Waals surface area (Å²) in [5.74, 6) is 1.71. The Kier molecular flexibility index (Phi) is 5.48. The molecule has 0 bridgehead atoms. The van der Waals surface area contributed by atoms with E-state index in [1.54, 1.807) is 0 Å². The summed E-state index contributed by atoms with van der Waals surface area (Å²) in [5.41, 5.74) is 1.65. The highest BCUT2D eigenvalue weighted by Gasteiger charge is 2.36. The SMILES string of the molecule is Cc1nc(CC2CC(Nc3ncc(C#N)cc3F)C2)nc2c1NC(=O)[C@H](C(C)C)N2C. The molecule has 0 radical (unpaired) electrons. The molecule has 1 fully saturated rings. The van der Waals surface area contributed by atoms with E-state index < -0.39 is 5.82 Å². The van der Waals surface area contributed by atoms with E-state index in [2.05, 4.69) is 20.6 Å². The summed E-state index contributed by atoms with van der Waals surface area (Å²) in [7, 11) is 1.90. The minimum Gasteiger partial charge on any atom is -0.365 e. The van der Waals surface area contributed by atoms with E-state index in [9.17, 15) is 9.18 Å². The van der Waals surface area contributed by atoms with Crippen molar-refractivity contribution in [1.29, 1.82) is 5.26 Å². The number of rotatable bonds is 5. The average molecular weight is 423 g/mol. The van der Waals surface area contributed by atoms with Gasteiger partial charge in [0.15, 0.2) is 17.5 Å². The Morgan fingerprint density at radius 2 is 2.13 bits per heavy atom. The summed E-state index contributed by atoms with van der Waals surface area (Å²) < 4.78 is 14.0. The molecule has 1 amide bonds. The van der Waals surface area contributed by atoms with Gasteiger partial charge < -0.3 is 15.5 Å². The predicted octanol–water partition coefficient (Wildman–Crippen LogP) is 3.04. The highest BCUT2D eigenvalue weighted by molar-refractivity contribution is 6.03. The van der Waals surface area contributed by atoms with Crippen LogP contribution in [0.15, 0.2) is 12.3 Å². The van der Waals surface area contributed by atoms with Crippen molar-refractivity contribution in [2.75, 3.05) is 22.6 Å². The van der Waals surface area contributed by atoms with E-state index in [-0.39, 0.29) is 35.3 Å². The second-order valence-electron chi connectivity index (χ2n) is 8.76. The third kappa shape index (κ3) is 4.02. The molecule has 1 atom stereocenters. The molecule has 0 saturated heterocycles. The molecule has 3 heterocycles. The maximum atomic E-state index is 14.0. The van der Waals surface area contributed by atoms with Gasteiger partial charge in [0.25, 0.3) is 0 Å². The number of pyridine rings is 1. The van der Waals surface area contributed by atoms with Crippen LogP contribution in [-0.2, 0) is 11.2 Å². The van der Waals surface area contributed by atoms with Crippen LogP contribution in [0, 0.1) is 35.9 Å². The van der Waals surface area contributed by atoms with E-state index in [0.29, 0.717) is 11.6 Å². The van der Waals surface area contributed by atoms with Crippen molar-refractivity contribution >= 4 is 23.2 Å². The first-order chi connectivity index (χ1) is 14.8. The molecule has 0 unspecified atom stereocenters. The van der Waals surface area contributed by atoms with Gasteiger partial charge >= 0.3 is 0 Å². The van der Waals surface area contributed by atoms with Gasteiger partial charge in [-0.1, -0.05) is 13.8 Å². The number of carbonyl (C=O) groups is 1. The van der Waals surface area contributed by atoms with Crippen LogP contribution in [0.2, 0.25) is 0 Å². The zero-order valence-corrected chi connectivity index (χ0v) is 18.1. The Balaban J connectivity index is 1.41. The number of nitrogens with zero attached hydrogens (tertiary/aromatic N) is 5. The molecule has 4 rings (SSSR count). The van der Waals surface area contributed by atoms with Gasteiger partial charge in [-0.3, -0.25) is 4.79 Å². The van der Waals surface area contributed by atoms with Crippen molar-refractivity contribution in [2.45, 2.75) is 52.1 Å². The molecule has 162 valence electrons. The Morgan fingerprint density at radius 1 is 1.39 bits per heavy atom. The monoisotopic (exact) mass is 423 g/mol. The molecule has 8 nitrogen and oxygen atoms in total. The van der Waals surface area contributed by atoms with Crippen molar-refractivity contribution in [1.82, 2.24) is 15.0 Å². The van der Waals surface area contributed by atoms with Crippen molar-refractivity contribution in [2.24, 2.45) is 11.8 Å². The second kappa shape index (κ2) is 8.10. The van der Waals surface area contributed by atoms with Crippen LogP contribution in [0.4, 0.5) is 21.7 Å². The Hall–Kier alpha value is -3.28. The van der Waals surface area contributed by atoms with E-state index in [1.165, 1.54) is 12.3 Å². The standard InChI is InChI=1S/C22H26FN7O/c1-11(2)19-22(31)29-18-12(3)26-17(28-21(18)30(19)4)8-13-5-15(6-13)27-20-16(23)7-14(9-24)10-25-20/h7,10-11,13,15,19H,5-6,8H2,1-4H3,(H,25,27)(H,29,31)/t13?,15?,19-/m0/s1. The summed E-state index contributed by atoms with van der Waals surface area (Å²) in [5, 5.41) is 14.9.